The van der Waals surface area contributed by atoms with Crippen molar-refractivity contribution in [1.82, 2.24) is 0 Å². The van der Waals surface area contributed by atoms with Crippen molar-refractivity contribution in [3.8, 4) is 0 Å². The molecule has 0 amide bonds. The number of allylic oxidation sites excluding steroid dienone is 1. The summed E-state index contributed by atoms with van der Waals surface area (Å²) in [6.07, 6.45) is 0. The Morgan fingerprint density at radius 3 is 2.88 bits per heavy atom. The number of hydrogen-bond acceptors (Lipinski definition) is 5. The first-order valence-electron chi connectivity index (χ1n) is 4.94. The van der Waals surface area contributed by atoms with E-state index in [1.54, 1.807) is 6.92 Å². The smallest absolute Gasteiger partial charge is 0.344 e. The van der Waals surface area contributed by atoms with Gasteiger partial charge in [0.25, 0.3) is 0 Å². The third kappa shape index (κ3) is 3.25. The van der Waals surface area contributed by atoms with Gasteiger partial charge in [-0.15, -0.1) is 0 Å². The first kappa shape index (κ1) is 13.6. The number of aliphatic imine (C=N–C) groups is 1. The monoisotopic (exact) mass is 307 g/mol. The van der Waals surface area contributed by atoms with Gasteiger partial charge in [-0.1, -0.05) is 27.7 Å². The van der Waals surface area contributed by atoms with E-state index in [1.807, 2.05) is 0 Å². The molecule has 4 nitrogen and oxygen atoms in total. The summed E-state index contributed by atoms with van der Waals surface area (Å²) in [6, 6.07) is 0. The SMILES string of the molecule is CCOC(=O)/C(C1=NCC(CBr)S1)=C(\C)O. The second kappa shape index (κ2) is 6.30. The lowest BCUT2D eigenvalue weighted by Crippen LogP contribution is -2.15. The van der Waals surface area contributed by atoms with E-state index in [2.05, 4.69) is 20.9 Å². The summed E-state index contributed by atoms with van der Waals surface area (Å²) in [6.45, 7) is 4.14. The molecular weight excluding hydrogens is 294 g/mol. The summed E-state index contributed by atoms with van der Waals surface area (Å²) in [5.41, 5.74) is 0.190. The minimum absolute atomic E-state index is 0.0417. The topological polar surface area (TPSA) is 58.9 Å². The van der Waals surface area contributed by atoms with Crippen LogP contribution in [0.1, 0.15) is 13.8 Å². The van der Waals surface area contributed by atoms with E-state index in [9.17, 15) is 9.90 Å². The van der Waals surface area contributed by atoms with Gasteiger partial charge in [0.15, 0.2) is 0 Å². The molecule has 0 bridgehead atoms. The van der Waals surface area contributed by atoms with E-state index < -0.39 is 5.97 Å². The van der Waals surface area contributed by atoms with Crippen molar-refractivity contribution in [2.24, 2.45) is 4.99 Å². The Bertz CT molecular complexity index is 337. The van der Waals surface area contributed by atoms with Crippen molar-refractivity contribution in [2.45, 2.75) is 19.1 Å². The number of esters is 1. The van der Waals surface area contributed by atoms with E-state index in [1.165, 1.54) is 18.7 Å². The van der Waals surface area contributed by atoms with E-state index in [0.29, 0.717) is 16.8 Å². The molecule has 0 saturated heterocycles. The van der Waals surface area contributed by atoms with Crippen molar-refractivity contribution in [3.63, 3.8) is 0 Å². The van der Waals surface area contributed by atoms with E-state index in [0.717, 1.165) is 5.33 Å². The molecule has 0 fully saturated rings. The summed E-state index contributed by atoms with van der Waals surface area (Å²) in [4.78, 5) is 15.9. The van der Waals surface area contributed by atoms with Gasteiger partial charge in [0, 0.05) is 10.6 Å². The molecule has 1 aliphatic heterocycles. The molecule has 1 N–H and O–H groups in total. The molecule has 0 spiro atoms. The zero-order valence-electron chi connectivity index (χ0n) is 9.20. The zero-order valence-corrected chi connectivity index (χ0v) is 11.6. The molecule has 0 aromatic heterocycles. The van der Waals surface area contributed by atoms with Crippen LogP contribution in [0.2, 0.25) is 0 Å². The summed E-state index contributed by atoms with van der Waals surface area (Å²) in [5.74, 6) is -0.552. The van der Waals surface area contributed by atoms with Gasteiger partial charge in [-0.25, -0.2) is 4.79 Å². The number of aliphatic hydroxyl groups excluding tert-OH is 1. The van der Waals surface area contributed by atoms with Crippen LogP contribution in [-0.4, -0.2) is 39.9 Å². The number of thioether (sulfide) groups is 1. The van der Waals surface area contributed by atoms with Crippen LogP contribution in [0.3, 0.4) is 0 Å². The summed E-state index contributed by atoms with van der Waals surface area (Å²) >= 11 is 4.85. The maximum atomic E-state index is 11.6. The highest BCUT2D eigenvalue weighted by Gasteiger charge is 2.27. The predicted octanol–water partition coefficient (Wildman–Crippen LogP) is 2.29. The fourth-order valence-electron chi connectivity index (χ4n) is 1.23. The van der Waals surface area contributed by atoms with Crippen LogP contribution in [-0.2, 0) is 9.53 Å². The van der Waals surface area contributed by atoms with Crippen LogP contribution in [0.4, 0.5) is 0 Å². The van der Waals surface area contributed by atoms with Gasteiger partial charge >= 0.3 is 5.97 Å². The molecule has 0 saturated carbocycles. The van der Waals surface area contributed by atoms with Gasteiger partial charge in [-0.05, 0) is 13.8 Å². The Morgan fingerprint density at radius 2 is 2.44 bits per heavy atom. The minimum atomic E-state index is -0.510. The summed E-state index contributed by atoms with van der Waals surface area (Å²) in [5, 5.41) is 11.2. The van der Waals surface area contributed by atoms with Crippen molar-refractivity contribution in [1.29, 1.82) is 0 Å². The van der Waals surface area contributed by atoms with Crippen LogP contribution in [0.5, 0.6) is 0 Å². The number of alkyl halides is 1. The number of ether oxygens (including phenoxy) is 1. The quantitative estimate of drug-likeness (QED) is 0.375. The number of halogens is 1. The molecule has 90 valence electrons. The first-order chi connectivity index (χ1) is 7.60. The lowest BCUT2D eigenvalue weighted by atomic mass is 10.2. The second-order valence-electron chi connectivity index (χ2n) is 3.22. The highest BCUT2D eigenvalue weighted by atomic mass is 79.9. The Morgan fingerprint density at radius 1 is 1.75 bits per heavy atom. The number of rotatable bonds is 4. The van der Waals surface area contributed by atoms with Crippen molar-refractivity contribution < 1.29 is 14.6 Å². The van der Waals surface area contributed by atoms with Crippen LogP contribution >= 0.6 is 27.7 Å². The van der Waals surface area contributed by atoms with Crippen molar-refractivity contribution >= 4 is 38.7 Å². The van der Waals surface area contributed by atoms with Gasteiger partial charge in [-0.2, -0.15) is 0 Å². The normalized spacial score (nSPS) is 21.4. The molecule has 1 heterocycles. The number of hydrogen-bond donors (Lipinski definition) is 1. The molecule has 1 rings (SSSR count). The highest BCUT2D eigenvalue weighted by molar-refractivity contribution is 9.09. The van der Waals surface area contributed by atoms with Crippen LogP contribution in [0, 0.1) is 0 Å². The maximum Gasteiger partial charge on any atom is 0.344 e. The zero-order chi connectivity index (χ0) is 12.1. The standard InChI is InChI=1S/C10H14BrNO3S/c1-3-15-10(14)8(6(2)13)9-12-5-7(4-11)16-9/h7,13H,3-5H2,1-2H3/b8-6+. The third-order valence-electron chi connectivity index (χ3n) is 1.94. The number of nitrogens with zero attached hydrogens (tertiary/aromatic N) is 1. The van der Waals surface area contributed by atoms with Gasteiger partial charge in [-0.3, -0.25) is 4.99 Å². The Balaban J connectivity index is 2.82. The van der Waals surface area contributed by atoms with E-state index in [4.69, 9.17) is 4.74 Å². The molecule has 16 heavy (non-hydrogen) atoms. The molecule has 0 aromatic rings. The van der Waals surface area contributed by atoms with Crippen LogP contribution in [0.25, 0.3) is 0 Å². The van der Waals surface area contributed by atoms with Crippen LogP contribution in [0.15, 0.2) is 16.3 Å². The van der Waals surface area contributed by atoms with Gasteiger partial charge < -0.3 is 9.84 Å². The first-order valence-corrected chi connectivity index (χ1v) is 6.94. The average Bonchev–Trinajstić information content (AvgIpc) is 2.66. The number of carbonyl (C=O) groups is 1. The van der Waals surface area contributed by atoms with Crippen molar-refractivity contribution in [2.75, 3.05) is 18.5 Å². The van der Waals surface area contributed by atoms with Gasteiger partial charge in [0.2, 0.25) is 0 Å². The molecule has 0 aliphatic carbocycles. The number of aliphatic hydroxyl groups is 1. The summed E-state index contributed by atoms with van der Waals surface area (Å²) < 4.78 is 4.88. The van der Waals surface area contributed by atoms with Gasteiger partial charge in [0.1, 0.15) is 16.4 Å². The fraction of sp³-hybridized carbons (Fsp3) is 0.600. The predicted molar refractivity (Wildman–Crippen MR) is 69.4 cm³/mol. The largest absolute Gasteiger partial charge is 0.512 e. The van der Waals surface area contributed by atoms with Crippen LogP contribution < -0.4 is 0 Å². The molecule has 1 atom stereocenters. The molecule has 6 heteroatoms. The Hall–Kier alpha value is -0.490. The minimum Gasteiger partial charge on any atom is -0.512 e. The Labute approximate surface area is 107 Å². The molecule has 0 radical (unpaired) electrons. The molecule has 1 aliphatic rings. The number of carbonyl (C=O) groups excluding carboxylic acids is 1. The second-order valence-corrected chi connectivity index (χ2v) is 5.16. The highest BCUT2D eigenvalue weighted by Crippen LogP contribution is 2.28. The molecule has 0 aromatic carbocycles. The van der Waals surface area contributed by atoms with E-state index >= 15 is 0 Å². The maximum absolute atomic E-state index is 11.6. The molecular formula is C10H14BrNO3S. The lowest BCUT2D eigenvalue weighted by molar-refractivity contribution is -0.138. The summed E-state index contributed by atoms with van der Waals surface area (Å²) in [7, 11) is 0. The molecule has 1 unspecified atom stereocenters. The van der Waals surface area contributed by atoms with Crippen molar-refractivity contribution in [3.05, 3.63) is 11.3 Å². The average molecular weight is 308 g/mol. The lowest BCUT2D eigenvalue weighted by Gasteiger charge is -2.08. The third-order valence-corrected chi connectivity index (χ3v) is 4.36. The fourth-order valence-corrected chi connectivity index (χ4v) is 2.86. The Kier molecular flexibility index (Phi) is 5.34. The van der Waals surface area contributed by atoms with Gasteiger partial charge in [0.05, 0.1) is 13.2 Å². The van der Waals surface area contributed by atoms with E-state index in [-0.39, 0.29) is 17.9 Å².